The number of rotatable bonds is 5. The van der Waals surface area contributed by atoms with Gasteiger partial charge in [0.05, 0.1) is 5.69 Å². The van der Waals surface area contributed by atoms with Crippen LogP contribution in [0.4, 0.5) is 10.1 Å². The molecular formula is C12H14FNO5S. The molecule has 0 spiro atoms. The van der Waals surface area contributed by atoms with Crippen molar-refractivity contribution in [1.82, 2.24) is 0 Å². The Balaban J connectivity index is 2.87. The van der Waals surface area contributed by atoms with Gasteiger partial charge in [0.25, 0.3) is 0 Å². The maximum atomic E-state index is 13.3. The number of carboxylic acids is 1. The Hall–Kier alpha value is -1.96. The highest BCUT2D eigenvalue weighted by atomic mass is 32.2. The first-order chi connectivity index (χ1) is 9.08. The summed E-state index contributed by atoms with van der Waals surface area (Å²) in [5.74, 6) is -4.31. The van der Waals surface area contributed by atoms with Crippen molar-refractivity contribution in [3.8, 4) is 0 Å². The summed E-state index contributed by atoms with van der Waals surface area (Å²) in [5, 5.41) is 10.9. The number of hydrogen-bond acceptors (Lipinski definition) is 4. The molecule has 0 heterocycles. The number of nitrogens with one attached hydrogen (secondary N) is 1. The van der Waals surface area contributed by atoms with E-state index in [4.69, 9.17) is 5.11 Å². The molecule has 0 unspecified atom stereocenters. The minimum atomic E-state index is -4.23. The smallest absolute Gasteiger partial charge is 0.324 e. The normalized spacial score (nSPS) is 11.9. The zero-order valence-corrected chi connectivity index (χ0v) is 11.7. The molecule has 1 aromatic carbocycles. The number of para-hydroxylation sites is 1. The van der Waals surface area contributed by atoms with Crippen LogP contribution in [0, 0.1) is 5.82 Å². The Labute approximate surface area is 115 Å². The van der Waals surface area contributed by atoms with Gasteiger partial charge in [-0.15, -0.1) is 0 Å². The summed E-state index contributed by atoms with van der Waals surface area (Å²) < 4.78 is 34.9. The lowest BCUT2D eigenvalue weighted by atomic mass is 10.2. The zero-order valence-electron chi connectivity index (χ0n) is 10.9. The third-order valence-corrected chi connectivity index (χ3v) is 5.13. The van der Waals surface area contributed by atoms with Crippen LogP contribution >= 0.6 is 0 Å². The maximum Gasteiger partial charge on any atom is 0.324 e. The molecule has 2 N–H and O–H groups in total. The average molecular weight is 303 g/mol. The Kier molecular flexibility index (Phi) is 4.49. The number of aliphatic carboxylic acids is 1. The van der Waals surface area contributed by atoms with Gasteiger partial charge in [-0.3, -0.25) is 9.59 Å². The molecule has 8 heteroatoms. The molecule has 0 aliphatic rings. The number of carbonyl (C=O) groups is 2. The van der Waals surface area contributed by atoms with E-state index in [1.54, 1.807) is 0 Å². The molecule has 0 aliphatic carbocycles. The van der Waals surface area contributed by atoms with Gasteiger partial charge in [0.1, 0.15) is 11.6 Å². The summed E-state index contributed by atoms with van der Waals surface area (Å²) in [6.07, 6.45) is 0. The Bertz CT molecular complexity index is 639. The number of anilines is 1. The minimum absolute atomic E-state index is 0.166. The first kappa shape index (κ1) is 16.1. The van der Waals surface area contributed by atoms with E-state index in [1.807, 2.05) is 0 Å². The van der Waals surface area contributed by atoms with Crippen LogP contribution in [0.15, 0.2) is 24.3 Å². The van der Waals surface area contributed by atoms with Gasteiger partial charge in [0.2, 0.25) is 5.91 Å². The van der Waals surface area contributed by atoms with Crippen LogP contribution in [0.2, 0.25) is 0 Å². The molecule has 0 saturated carbocycles. The van der Waals surface area contributed by atoms with Gasteiger partial charge in [-0.1, -0.05) is 12.1 Å². The Morgan fingerprint density at radius 3 is 2.35 bits per heavy atom. The van der Waals surface area contributed by atoms with Crippen LogP contribution < -0.4 is 5.32 Å². The fourth-order valence-corrected chi connectivity index (χ4v) is 2.28. The molecule has 110 valence electrons. The lowest BCUT2D eigenvalue weighted by molar-refractivity contribution is -0.139. The van der Waals surface area contributed by atoms with Gasteiger partial charge in [0, 0.05) is 0 Å². The van der Waals surface area contributed by atoms with E-state index in [1.165, 1.54) is 18.2 Å². The molecule has 1 rings (SSSR count). The van der Waals surface area contributed by atoms with Gasteiger partial charge in [-0.2, -0.15) is 0 Å². The number of carbonyl (C=O) groups excluding carboxylic acids is 1. The summed E-state index contributed by atoms with van der Waals surface area (Å²) in [7, 11) is -4.23. The van der Waals surface area contributed by atoms with Gasteiger partial charge >= 0.3 is 5.97 Å². The van der Waals surface area contributed by atoms with Gasteiger partial charge < -0.3 is 10.4 Å². The third-order valence-electron chi connectivity index (χ3n) is 2.76. The topological polar surface area (TPSA) is 101 Å². The van der Waals surface area contributed by atoms with E-state index in [9.17, 15) is 22.4 Å². The minimum Gasteiger partial charge on any atom is -0.480 e. The van der Waals surface area contributed by atoms with Crippen molar-refractivity contribution in [3.05, 3.63) is 30.1 Å². The number of amides is 1. The Morgan fingerprint density at radius 2 is 1.85 bits per heavy atom. The van der Waals surface area contributed by atoms with Crippen LogP contribution in [0.25, 0.3) is 0 Å². The largest absolute Gasteiger partial charge is 0.480 e. The molecule has 0 aliphatic heterocycles. The molecular weight excluding hydrogens is 289 g/mol. The summed E-state index contributed by atoms with van der Waals surface area (Å²) in [6.45, 7) is 1.97. The molecule has 0 bridgehead atoms. The first-order valence-corrected chi connectivity index (χ1v) is 7.23. The standard InChI is InChI=1S/C12H14FNO5S/c1-12(2,11(16)17)20(18,19)7-10(15)14-9-6-4-3-5-8(9)13/h3-6H,7H2,1-2H3,(H,14,15)(H,16,17). The molecule has 0 fully saturated rings. The van der Waals surface area contributed by atoms with Crippen molar-refractivity contribution in [1.29, 1.82) is 0 Å². The Morgan fingerprint density at radius 1 is 1.30 bits per heavy atom. The highest BCUT2D eigenvalue weighted by Crippen LogP contribution is 2.19. The van der Waals surface area contributed by atoms with Crippen LogP contribution in [0.5, 0.6) is 0 Å². The predicted octanol–water partition coefficient (Wildman–Crippen LogP) is 1.04. The van der Waals surface area contributed by atoms with E-state index in [0.717, 1.165) is 19.9 Å². The molecule has 0 radical (unpaired) electrons. The lowest BCUT2D eigenvalue weighted by Gasteiger charge is -2.19. The molecule has 0 atom stereocenters. The maximum absolute atomic E-state index is 13.3. The van der Waals surface area contributed by atoms with E-state index in [-0.39, 0.29) is 5.69 Å². The van der Waals surface area contributed by atoms with Crippen LogP contribution in [0.1, 0.15) is 13.8 Å². The summed E-state index contributed by atoms with van der Waals surface area (Å²) in [5.41, 5.74) is -0.166. The molecule has 0 saturated heterocycles. The number of benzene rings is 1. The molecule has 1 amide bonds. The quantitative estimate of drug-likeness (QED) is 0.846. The second-order valence-corrected chi connectivity index (χ2v) is 7.14. The number of hydrogen-bond donors (Lipinski definition) is 2. The molecule has 1 aromatic rings. The molecule has 0 aromatic heterocycles. The van der Waals surface area contributed by atoms with Crippen molar-refractivity contribution in [2.24, 2.45) is 0 Å². The third kappa shape index (κ3) is 3.32. The fourth-order valence-electron chi connectivity index (χ4n) is 1.23. The van der Waals surface area contributed by atoms with Crippen molar-refractivity contribution in [2.45, 2.75) is 18.6 Å². The van der Waals surface area contributed by atoms with Crippen LogP contribution in [0.3, 0.4) is 0 Å². The fraction of sp³-hybridized carbons (Fsp3) is 0.333. The highest BCUT2D eigenvalue weighted by molar-refractivity contribution is 7.94. The van der Waals surface area contributed by atoms with E-state index >= 15 is 0 Å². The van der Waals surface area contributed by atoms with E-state index in [0.29, 0.717) is 0 Å². The van der Waals surface area contributed by atoms with Gasteiger partial charge in [0.15, 0.2) is 14.6 Å². The zero-order chi connectivity index (χ0) is 15.6. The summed E-state index contributed by atoms with van der Waals surface area (Å²) >= 11 is 0. The van der Waals surface area contributed by atoms with Crippen molar-refractivity contribution < 1.29 is 27.5 Å². The van der Waals surface area contributed by atoms with Crippen molar-refractivity contribution in [2.75, 3.05) is 11.1 Å². The number of halogens is 1. The van der Waals surface area contributed by atoms with E-state index < -0.39 is 38.0 Å². The lowest BCUT2D eigenvalue weighted by Crippen LogP contribution is -2.44. The van der Waals surface area contributed by atoms with Crippen molar-refractivity contribution in [3.63, 3.8) is 0 Å². The second kappa shape index (κ2) is 5.58. The van der Waals surface area contributed by atoms with Crippen LogP contribution in [-0.4, -0.2) is 35.9 Å². The summed E-state index contributed by atoms with van der Waals surface area (Å²) in [6, 6.07) is 5.25. The highest BCUT2D eigenvalue weighted by Gasteiger charge is 2.42. The summed E-state index contributed by atoms with van der Waals surface area (Å²) in [4.78, 5) is 22.5. The molecule has 6 nitrogen and oxygen atoms in total. The van der Waals surface area contributed by atoms with E-state index in [2.05, 4.69) is 5.32 Å². The second-order valence-electron chi connectivity index (χ2n) is 4.60. The van der Waals surface area contributed by atoms with Gasteiger partial charge in [-0.05, 0) is 26.0 Å². The first-order valence-electron chi connectivity index (χ1n) is 5.58. The monoisotopic (exact) mass is 303 g/mol. The average Bonchev–Trinajstić information content (AvgIpc) is 2.31. The number of sulfone groups is 1. The SMILES string of the molecule is CC(C)(C(=O)O)S(=O)(=O)CC(=O)Nc1ccccc1F. The molecule has 20 heavy (non-hydrogen) atoms. The number of carboxylic acid groups (broad SMARTS) is 1. The van der Waals surface area contributed by atoms with Crippen LogP contribution in [-0.2, 0) is 19.4 Å². The predicted molar refractivity (Wildman–Crippen MR) is 70.5 cm³/mol. The van der Waals surface area contributed by atoms with Gasteiger partial charge in [-0.25, -0.2) is 12.8 Å². The van der Waals surface area contributed by atoms with Crippen molar-refractivity contribution >= 4 is 27.4 Å².